The van der Waals surface area contributed by atoms with Gasteiger partial charge < -0.3 is 4.84 Å². The van der Waals surface area contributed by atoms with Crippen molar-refractivity contribution in [3.63, 3.8) is 0 Å². The first kappa shape index (κ1) is 6.14. The van der Waals surface area contributed by atoms with E-state index in [-0.39, 0.29) is 0 Å². The van der Waals surface area contributed by atoms with Crippen molar-refractivity contribution in [2.75, 3.05) is 0 Å². The largest absolute Gasteiger partial charge is 0.332 e. The minimum atomic E-state index is 0.857. The first-order valence-electron chi connectivity index (χ1n) is 2.05. The third-order valence-electron chi connectivity index (χ3n) is 0.436. The Kier molecular flexibility index (Phi) is 4.51. The monoisotopic (exact) mass is 101 g/mol. The molecule has 7 heavy (non-hydrogen) atoms. The Bertz CT molecular complexity index is 70.1. The van der Waals surface area contributed by atoms with Gasteiger partial charge in [-0.15, -0.1) is 4.91 Å². The van der Waals surface area contributed by atoms with Crippen LogP contribution in [0.1, 0.15) is 13.3 Å². The summed E-state index contributed by atoms with van der Waals surface area (Å²) in [6.07, 6.45) is 3.81. The molecule has 0 aliphatic heterocycles. The molecule has 0 aliphatic carbocycles. The molecule has 0 spiro atoms. The molecular formula is C4H7NO2. The Labute approximate surface area is 41.9 Å². The van der Waals surface area contributed by atoms with Gasteiger partial charge in [0.2, 0.25) is 0 Å². The fourth-order valence-electron chi connectivity index (χ4n) is 0.164. The third-order valence-corrected chi connectivity index (χ3v) is 0.436. The maximum Gasteiger partial charge on any atom is 0.160 e. The van der Waals surface area contributed by atoms with E-state index in [1.807, 2.05) is 6.92 Å². The average molecular weight is 101 g/mol. The van der Waals surface area contributed by atoms with Crippen molar-refractivity contribution in [3.8, 4) is 0 Å². The highest BCUT2D eigenvalue weighted by atomic mass is 16.7. The van der Waals surface area contributed by atoms with Crippen LogP contribution >= 0.6 is 0 Å². The molecule has 0 aromatic heterocycles. The molecule has 0 aromatic rings. The highest BCUT2D eigenvalue weighted by Gasteiger charge is 1.65. The van der Waals surface area contributed by atoms with Gasteiger partial charge in [0, 0.05) is 0 Å². The van der Waals surface area contributed by atoms with Gasteiger partial charge in [-0.1, -0.05) is 6.92 Å². The summed E-state index contributed by atoms with van der Waals surface area (Å²) in [7, 11) is 0. The second kappa shape index (κ2) is 5.14. The SMILES string of the molecule is CCC=CON=O. The quantitative estimate of drug-likeness (QED) is 0.307. The van der Waals surface area contributed by atoms with Gasteiger partial charge in [0.05, 0.1) is 0 Å². The van der Waals surface area contributed by atoms with Gasteiger partial charge in [-0.25, -0.2) is 0 Å². The van der Waals surface area contributed by atoms with E-state index in [1.54, 1.807) is 6.08 Å². The lowest BCUT2D eigenvalue weighted by atomic mass is 10.5. The van der Waals surface area contributed by atoms with Gasteiger partial charge in [-0.3, -0.25) is 0 Å². The lowest BCUT2D eigenvalue weighted by Crippen LogP contribution is -1.59. The Morgan fingerprint density at radius 2 is 2.57 bits per heavy atom. The van der Waals surface area contributed by atoms with Crippen molar-refractivity contribution >= 4 is 0 Å². The maximum atomic E-state index is 9.16. The third kappa shape index (κ3) is 5.14. The van der Waals surface area contributed by atoms with Gasteiger partial charge in [0.1, 0.15) is 6.26 Å². The molecule has 3 heteroatoms. The molecule has 0 aromatic carbocycles. The Morgan fingerprint density at radius 1 is 1.86 bits per heavy atom. The number of rotatable bonds is 3. The number of nitrogens with zero attached hydrogens (tertiary/aromatic N) is 1. The zero-order valence-corrected chi connectivity index (χ0v) is 4.13. The fraction of sp³-hybridized carbons (Fsp3) is 0.500. The normalized spacial score (nSPS) is 9.29. The number of allylic oxidation sites excluding steroid dienone is 1. The summed E-state index contributed by atoms with van der Waals surface area (Å²) >= 11 is 0. The highest BCUT2D eigenvalue weighted by Crippen LogP contribution is 1.80. The van der Waals surface area contributed by atoms with Crippen LogP contribution in [0.4, 0.5) is 0 Å². The van der Waals surface area contributed by atoms with Crippen LogP contribution in [0.25, 0.3) is 0 Å². The van der Waals surface area contributed by atoms with Gasteiger partial charge in [-0.2, -0.15) is 0 Å². The van der Waals surface area contributed by atoms with Gasteiger partial charge in [0.15, 0.2) is 5.34 Å². The van der Waals surface area contributed by atoms with Gasteiger partial charge in [0.25, 0.3) is 0 Å². The molecule has 40 valence electrons. The number of hydrogen-bond acceptors (Lipinski definition) is 3. The molecule has 0 saturated heterocycles. The molecule has 0 fully saturated rings. The molecule has 0 N–H and O–H groups in total. The summed E-state index contributed by atoms with van der Waals surface area (Å²) in [5, 5.41) is 2.14. The van der Waals surface area contributed by atoms with E-state index in [4.69, 9.17) is 4.91 Å². The number of hydrogen-bond donors (Lipinski definition) is 0. The fourth-order valence-corrected chi connectivity index (χ4v) is 0.164. The van der Waals surface area contributed by atoms with Crippen molar-refractivity contribution < 1.29 is 4.84 Å². The summed E-state index contributed by atoms with van der Waals surface area (Å²) in [4.78, 5) is 13.1. The standard InChI is InChI=1S/C4H7NO2/c1-2-3-4-7-5-6/h3-4H,2H2,1H3. The molecule has 0 rings (SSSR count). The first-order valence-corrected chi connectivity index (χ1v) is 2.05. The van der Waals surface area contributed by atoms with Crippen LogP contribution in [-0.4, -0.2) is 0 Å². The summed E-state index contributed by atoms with van der Waals surface area (Å²) in [6, 6.07) is 0. The molecule has 0 heterocycles. The lowest BCUT2D eigenvalue weighted by Gasteiger charge is -1.75. The molecule has 0 bridgehead atoms. The van der Waals surface area contributed by atoms with Crippen molar-refractivity contribution in [2.24, 2.45) is 5.34 Å². The van der Waals surface area contributed by atoms with Crippen LogP contribution in [0.15, 0.2) is 17.7 Å². The lowest BCUT2D eigenvalue weighted by molar-refractivity contribution is 0.261. The van der Waals surface area contributed by atoms with Crippen molar-refractivity contribution in [1.29, 1.82) is 0 Å². The molecule has 3 nitrogen and oxygen atoms in total. The van der Waals surface area contributed by atoms with Gasteiger partial charge in [-0.05, 0) is 12.5 Å². The Balaban J connectivity index is 2.92. The minimum Gasteiger partial charge on any atom is -0.332 e. The van der Waals surface area contributed by atoms with Crippen molar-refractivity contribution in [3.05, 3.63) is 17.2 Å². The van der Waals surface area contributed by atoms with E-state index >= 15 is 0 Å². The zero-order chi connectivity index (χ0) is 5.54. The van der Waals surface area contributed by atoms with E-state index in [1.165, 1.54) is 6.26 Å². The van der Waals surface area contributed by atoms with E-state index in [0.29, 0.717) is 0 Å². The summed E-state index contributed by atoms with van der Waals surface area (Å²) < 4.78 is 0. The molecule has 0 aliphatic rings. The molecule has 0 atom stereocenters. The predicted molar refractivity (Wildman–Crippen MR) is 26.3 cm³/mol. The smallest absolute Gasteiger partial charge is 0.160 e. The van der Waals surface area contributed by atoms with E-state index < -0.39 is 0 Å². The molecule has 0 saturated carbocycles. The van der Waals surface area contributed by atoms with E-state index in [0.717, 1.165) is 6.42 Å². The van der Waals surface area contributed by atoms with Crippen molar-refractivity contribution in [2.45, 2.75) is 13.3 Å². The Hall–Kier alpha value is -0.860. The molecule has 0 unspecified atom stereocenters. The second-order valence-electron chi connectivity index (χ2n) is 0.960. The zero-order valence-electron chi connectivity index (χ0n) is 4.13. The second-order valence-corrected chi connectivity index (χ2v) is 0.960. The summed E-state index contributed by atoms with van der Waals surface area (Å²) in [6.45, 7) is 1.94. The summed E-state index contributed by atoms with van der Waals surface area (Å²) in [5.74, 6) is 0. The molecular weight excluding hydrogens is 94.0 g/mol. The van der Waals surface area contributed by atoms with Crippen LogP contribution in [0, 0.1) is 4.91 Å². The topological polar surface area (TPSA) is 38.7 Å². The minimum absolute atomic E-state index is 0.857. The van der Waals surface area contributed by atoms with E-state index in [9.17, 15) is 0 Å². The van der Waals surface area contributed by atoms with Crippen LogP contribution in [0.5, 0.6) is 0 Å². The average Bonchev–Trinajstić information content (AvgIpc) is 1.69. The predicted octanol–water partition coefficient (Wildman–Crippen LogP) is 1.61. The van der Waals surface area contributed by atoms with Crippen molar-refractivity contribution in [1.82, 2.24) is 0 Å². The molecule has 0 amide bonds. The van der Waals surface area contributed by atoms with Crippen LogP contribution in [0.2, 0.25) is 0 Å². The highest BCUT2D eigenvalue weighted by molar-refractivity contribution is 4.69. The van der Waals surface area contributed by atoms with Gasteiger partial charge >= 0.3 is 0 Å². The molecule has 0 radical (unpaired) electrons. The Morgan fingerprint density at radius 3 is 3.00 bits per heavy atom. The van der Waals surface area contributed by atoms with Crippen LogP contribution in [-0.2, 0) is 4.84 Å². The first-order chi connectivity index (χ1) is 3.41. The van der Waals surface area contributed by atoms with Crippen LogP contribution in [0.3, 0.4) is 0 Å². The maximum absolute atomic E-state index is 9.16. The van der Waals surface area contributed by atoms with E-state index in [2.05, 4.69) is 10.2 Å². The summed E-state index contributed by atoms with van der Waals surface area (Å²) in [5.41, 5.74) is 0. The van der Waals surface area contributed by atoms with Crippen LogP contribution < -0.4 is 0 Å².